The predicted molar refractivity (Wildman–Crippen MR) is 85.7 cm³/mol. The SMILES string of the molecule is Cc1c(NC2CCCCCC2)cccc1C(=O)NCCO. The maximum absolute atomic E-state index is 12.1. The fourth-order valence-corrected chi connectivity index (χ4v) is 2.95. The Hall–Kier alpha value is -1.55. The van der Waals surface area contributed by atoms with Crippen LogP contribution in [-0.4, -0.2) is 30.2 Å². The predicted octanol–water partition coefficient (Wildman–Crippen LogP) is 2.85. The van der Waals surface area contributed by atoms with E-state index in [0.29, 0.717) is 18.2 Å². The Balaban J connectivity index is 2.07. The highest BCUT2D eigenvalue weighted by Gasteiger charge is 2.15. The Labute approximate surface area is 126 Å². The monoisotopic (exact) mass is 290 g/mol. The standard InChI is InChI=1S/C17H26N2O2/c1-13-15(17(21)18-11-12-20)9-6-10-16(13)19-14-7-4-2-3-5-8-14/h6,9-10,14,19-20H,2-5,7-8,11-12H2,1H3,(H,18,21). The molecule has 1 amide bonds. The van der Waals surface area contributed by atoms with E-state index in [0.717, 1.165) is 11.3 Å². The summed E-state index contributed by atoms with van der Waals surface area (Å²) in [5.41, 5.74) is 2.72. The molecule has 0 aliphatic heterocycles. The topological polar surface area (TPSA) is 61.4 Å². The van der Waals surface area contributed by atoms with Gasteiger partial charge in [-0.15, -0.1) is 0 Å². The van der Waals surface area contributed by atoms with Crippen molar-refractivity contribution in [2.75, 3.05) is 18.5 Å². The van der Waals surface area contributed by atoms with Gasteiger partial charge in [0.2, 0.25) is 0 Å². The van der Waals surface area contributed by atoms with Gasteiger partial charge in [0.15, 0.2) is 0 Å². The summed E-state index contributed by atoms with van der Waals surface area (Å²) in [6.45, 7) is 2.23. The molecule has 1 aliphatic rings. The Morgan fingerprint density at radius 1 is 1.24 bits per heavy atom. The summed E-state index contributed by atoms with van der Waals surface area (Å²) >= 11 is 0. The lowest BCUT2D eigenvalue weighted by molar-refractivity contribution is 0.0944. The Morgan fingerprint density at radius 2 is 1.95 bits per heavy atom. The minimum atomic E-state index is -0.119. The molecule has 3 N–H and O–H groups in total. The molecule has 21 heavy (non-hydrogen) atoms. The van der Waals surface area contributed by atoms with Gasteiger partial charge in [0, 0.05) is 23.8 Å². The van der Waals surface area contributed by atoms with Crippen LogP contribution in [0.4, 0.5) is 5.69 Å². The third kappa shape index (κ3) is 4.46. The molecule has 0 heterocycles. The van der Waals surface area contributed by atoms with Gasteiger partial charge in [0.25, 0.3) is 5.91 Å². The van der Waals surface area contributed by atoms with Gasteiger partial charge in [0.1, 0.15) is 0 Å². The quantitative estimate of drug-likeness (QED) is 0.731. The number of nitrogens with one attached hydrogen (secondary N) is 2. The van der Waals surface area contributed by atoms with E-state index in [1.165, 1.54) is 38.5 Å². The van der Waals surface area contributed by atoms with Crippen molar-refractivity contribution in [1.29, 1.82) is 0 Å². The molecule has 1 saturated carbocycles. The number of amides is 1. The molecule has 0 bridgehead atoms. The third-order valence-electron chi connectivity index (χ3n) is 4.19. The first-order valence-electron chi connectivity index (χ1n) is 7.97. The van der Waals surface area contributed by atoms with Gasteiger partial charge in [-0.1, -0.05) is 31.7 Å². The number of rotatable bonds is 5. The molecule has 4 nitrogen and oxygen atoms in total. The van der Waals surface area contributed by atoms with E-state index in [1.807, 2.05) is 25.1 Å². The van der Waals surface area contributed by atoms with Crippen LogP contribution in [0.1, 0.15) is 54.4 Å². The van der Waals surface area contributed by atoms with E-state index in [9.17, 15) is 4.79 Å². The van der Waals surface area contributed by atoms with Crippen LogP contribution in [0.2, 0.25) is 0 Å². The summed E-state index contributed by atoms with van der Waals surface area (Å²) in [4.78, 5) is 12.1. The summed E-state index contributed by atoms with van der Waals surface area (Å²) in [6, 6.07) is 6.31. The smallest absolute Gasteiger partial charge is 0.251 e. The van der Waals surface area contributed by atoms with Crippen molar-refractivity contribution in [2.45, 2.75) is 51.5 Å². The minimum Gasteiger partial charge on any atom is -0.395 e. The molecule has 2 rings (SSSR count). The first kappa shape index (κ1) is 15.8. The molecule has 0 radical (unpaired) electrons. The lowest BCUT2D eigenvalue weighted by atomic mass is 10.0. The van der Waals surface area contributed by atoms with E-state index in [4.69, 9.17) is 5.11 Å². The van der Waals surface area contributed by atoms with Gasteiger partial charge in [-0.3, -0.25) is 4.79 Å². The Kier molecular flexibility index (Phi) is 6.05. The van der Waals surface area contributed by atoms with Gasteiger partial charge >= 0.3 is 0 Å². The van der Waals surface area contributed by atoms with Crippen LogP contribution in [0.25, 0.3) is 0 Å². The normalized spacial score (nSPS) is 16.3. The summed E-state index contributed by atoms with van der Waals surface area (Å²) in [6.07, 6.45) is 7.66. The van der Waals surface area contributed by atoms with Crippen molar-refractivity contribution in [3.8, 4) is 0 Å². The van der Waals surface area contributed by atoms with Crippen LogP contribution < -0.4 is 10.6 Å². The van der Waals surface area contributed by atoms with Gasteiger partial charge in [0.05, 0.1) is 6.61 Å². The number of aliphatic hydroxyl groups is 1. The van der Waals surface area contributed by atoms with Crippen LogP contribution in [0.15, 0.2) is 18.2 Å². The van der Waals surface area contributed by atoms with Crippen LogP contribution in [0.3, 0.4) is 0 Å². The average Bonchev–Trinajstić information content (AvgIpc) is 2.75. The molecule has 1 aromatic rings. The molecule has 116 valence electrons. The largest absolute Gasteiger partial charge is 0.395 e. The number of carbonyl (C=O) groups is 1. The van der Waals surface area contributed by atoms with E-state index in [1.54, 1.807) is 0 Å². The Bertz CT molecular complexity index is 466. The molecule has 0 spiro atoms. The first-order chi connectivity index (χ1) is 10.2. The van der Waals surface area contributed by atoms with Crippen LogP contribution >= 0.6 is 0 Å². The van der Waals surface area contributed by atoms with Gasteiger partial charge in [-0.25, -0.2) is 0 Å². The zero-order valence-corrected chi connectivity index (χ0v) is 12.8. The molecular formula is C17H26N2O2. The maximum Gasteiger partial charge on any atom is 0.251 e. The minimum absolute atomic E-state index is 0.0369. The molecule has 0 atom stereocenters. The van der Waals surface area contributed by atoms with E-state index < -0.39 is 0 Å². The number of benzene rings is 1. The van der Waals surface area contributed by atoms with Gasteiger partial charge in [-0.2, -0.15) is 0 Å². The van der Waals surface area contributed by atoms with Crippen LogP contribution in [-0.2, 0) is 0 Å². The second kappa shape index (κ2) is 8.03. The zero-order chi connectivity index (χ0) is 15.1. The van der Waals surface area contributed by atoms with E-state index >= 15 is 0 Å². The zero-order valence-electron chi connectivity index (χ0n) is 12.8. The van der Waals surface area contributed by atoms with Crippen LogP contribution in [0, 0.1) is 6.92 Å². The van der Waals surface area contributed by atoms with Gasteiger partial charge < -0.3 is 15.7 Å². The van der Waals surface area contributed by atoms with E-state index in [2.05, 4.69) is 10.6 Å². The van der Waals surface area contributed by atoms with Crippen LogP contribution in [0.5, 0.6) is 0 Å². The maximum atomic E-state index is 12.1. The summed E-state index contributed by atoms with van der Waals surface area (Å²) in [5.74, 6) is -0.119. The van der Waals surface area contributed by atoms with E-state index in [-0.39, 0.29) is 12.5 Å². The lowest BCUT2D eigenvalue weighted by Crippen LogP contribution is -2.27. The lowest BCUT2D eigenvalue weighted by Gasteiger charge is -2.20. The van der Waals surface area contributed by atoms with Crippen molar-refractivity contribution < 1.29 is 9.90 Å². The molecular weight excluding hydrogens is 264 g/mol. The fraction of sp³-hybridized carbons (Fsp3) is 0.588. The van der Waals surface area contributed by atoms with Crippen molar-refractivity contribution in [3.63, 3.8) is 0 Å². The Morgan fingerprint density at radius 3 is 2.62 bits per heavy atom. The summed E-state index contributed by atoms with van der Waals surface area (Å²) < 4.78 is 0. The molecule has 0 unspecified atom stereocenters. The van der Waals surface area contributed by atoms with Crippen molar-refractivity contribution in [1.82, 2.24) is 5.32 Å². The highest BCUT2D eigenvalue weighted by molar-refractivity contribution is 5.97. The molecule has 0 aromatic heterocycles. The molecule has 0 saturated heterocycles. The van der Waals surface area contributed by atoms with Crippen molar-refractivity contribution in [2.24, 2.45) is 0 Å². The highest BCUT2D eigenvalue weighted by atomic mass is 16.3. The number of hydrogen-bond donors (Lipinski definition) is 3. The second-order valence-electron chi connectivity index (χ2n) is 5.79. The number of aliphatic hydroxyl groups excluding tert-OH is 1. The highest BCUT2D eigenvalue weighted by Crippen LogP contribution is 2.24. The molecule has 4 heteroatoms. The number of carbonyl (C=O) groups excluding carboxylic acids is 1. The fourth-order valence-electron chi connectivity index (χ4n) is 2.95. The molecule has 1 aliphatic carbocycles. The van der Waals surface area contributed by atoms with Crippen molar-refractivity contribution in [3.05, 3.63) is 29.3 Å². The van der Waals surface area contributed by atoms with Crippen molar-refractivity contribution >= 4 is 11.6 Å². The summed E-state index contributed by atoms with van der Waals surface area (Å²) in [5, 5.41) is 15.1. The summed E-state index contributed by atoms with van der Waals surface area (Å²) in [7, 11) is 0. The number of hydrogen-bond acceptors (Lipinski definition) is 3. The average molecular weight is 290 g/mol. The number of anilines is 1. The van der Waals surface area contributed by atoms with Gasteiger partial charge in [-0.05, 0) is 37.5 Å². The first-order valence-corrected chi connectivity index (χ1v) is 7.97. The molecule has 1 aromatic carbocycles. The molecule has 1 fully saturated rings. The third-order valence-corrected chi connectivity index (χ3v) is 4.19. The second-order valence-corrected chi connectivity index (χ2v) is 5.79.